The second-order valence-corrected chi connectivity index (χ2v) is 5.80. The number of aliphatic carboxylic acids is 1. The summed E-state index contributed by atoms with van der Waals surface area (Å²) in [6.07, 6.45) is 2.59. The van der Waals surface area contributed by atoms with Crippen LogP contribution in [-0.2, 0) is 16.1 Å². The molecule has 0 radical (unpaired) electrons. The van der Waals surface area contributed by atoms with Gasteiger partial charge in [0, 0.05) is 27.7 Å². The first kappa shape index (κ1) is 15.9. The fourth-order valence-corrected chi connectivity index (χ4v) is 2.97. The zero-order valence-corrected chi connectivity index (χ0v) is 12.8. The number of carboxylic acids is 1. The van der Waals surface area contributed by atoms with Crippen molar-refractivity contribution in [1.82, 2.24) is 5.32 Å². The Morgan fingerprint density at radius 1 is 1.05 bits per heavy atom. The number of nitrogens with one attached hydrogen (secondary N) is 1. The minimum Gasteiger partial charge on any atom is -0.478 e. The van der Waals surface area contributed by atoms with Crippen molar-refractivity contribution in [3.63, 3.8) is 0 Å². The highest BCUT2D eigenvalue weighted by atomic mass is 35.5. The van der Waals surface area contributed by atoms with Gasteiger partial charge in [-0.25, -0.2) is 4.79 Å². The lowest BCUT2D eigenvalue weighted by molar-refractivity contribution is -0.133. The molecule has 0 bridgehead atoms. The molecule has 21 heavy (non-hydrogen) atoms. The Morgan fingerprint density at radius 3 is 2.19 bits per heavy atom. The predicted molar refractivity (Wildman–Crippen MR) is 81.4 cm³/mol. The van der Waals surface area contributed by atoms with Crippen LogP contribution >= 0.6 is 23.2 Å². The van der Waals surface area contributed by atoms with Crippen molar-refractivity contribution in [2.24, 2.45) is 0 Å². The van der Waals surface area contributed by atoms with E-state index < -0.39 is 5.97 Å². The van der Waals surface area contributed by atoms with E-state index in [1.165, 1.54) is 0 Å². The molecule has 2 N–H and O–H groups in total. The van der Waals surface area contributed by atoms with Crippen molar-refractivity contribution in [2.75, 3.05) is 0 Å². The van der Waals surface area contributed by atoms with Crippen LogP contribution in [0.5, 0.6) is 0 Å². The van der Waals surface area contributed by atoms with Crippen LogP contribution in [0.1, 0.15) is 31.2 Å². The Morgan fingerprint density at radius 2 is 1.62 bits per heavy atom. The molecule has 0 saturated heterocycles. The summed E-state index contributed by atoms with van der Waals surface area (Å²) in [5.41, 5.74) is 1.37. The second-order valence-electron chi connectivity index (χ2n) is 4.93. The smallest absolute Gasteiger partial charge is 0.332 e. The summed E-state index contributed by atoms with van der Waals surface area (Å²) in [5, 5.41) is 12.9. The maximum Gasteiger partial charge on any atom is 0.332 e. The zero-order valence-electron chi connectivity index (χ0n) is 11.3. The molecule has 0 atom stereocenters. The predicted octanol–water partition coefficient (Wildman–Crippen LogP) is 3.56. The van der Waals surface area contributed by atoms with E-state index >= 15 is 0 Å². The molecule has 0 saturated carbocycles. The van der Waals surface area contributed by atoms with Gasteiger partial charge in [0.15, 0.2) is 0 Å². The van der Waals surface area contributed by atoms with E-state index in [-0.39, 0.29) is 18.0 Å². The molecule has 0 heterocycles. The molecule has 0 aliphatic heterocycles. The Bertz CT molecular complexity index is 591. The SMILES string of the molecule is O=C(O)C1=C(C(=O)NCc2cc(Cl)cc(Cl)c2)CCCC1. The first-order chi connectivity index (χ1) is 9.97. The summed E-state index contributed by atoms with van der Waals surface area (Å²) >= 11 is 11.8. The lowest BCUT2D eigenvalue weighted by atomic mass is 9.91. The number of amides is 1. The van der Waals surface area contributed by atoms with Crippen molar-refractivity contribution in [3.8, 4) is 0 Å². The minimum atomic E-state index is -1.01. The average molecular weight is 328 g/mol. The highest BCUT2D eigenvalue weighted by Gasteiger charge is 2.23. The van der Waals surface area contributed by atoms with E-state index in [0.29, 0.717) is 28.5 Å². The van der Waals surface area contributed by atoms with Gasteiger partial charge in [0.1, 0.15) is 0 Å². The van der Waals surface area contributed by atoms with Gasteiger partial charge in [-0.3, -0.25) is 4.79 Å². The molecule has 4 nitrogen and oxygen atoms in total. The number of carbonyl (C=O) groups is 2. The molecule has 1 aliphatic carbocycles. The average Bonchev–Trinajstić information content (AvgIpc) is 2.43. The molecule has 2 rings (SSSR count). The first-order valence-corrected chi connectivity index (χ1v) is 7.41. The van der Waals surface area contributed by atoms with Crippen LogP contribution in [0.25, 0.3) is 0 Å². The summed E-state index contributed by atoms with van der Waals surface area (Å²) in [7, 11) is 0. The van der Waals surface area contributed by atoms with E-state index in [1.54, 1.807) is 18.2 Å². The fourth-order valence-electron chi connectivity index (χ4n) is 2.39. The Labute approximate surface area is 132 Å². The monoisotopic (exact) mass is 327 g/mol. The highest BCUT2D eigenvalue weighted by Crippen LogP contribution is 2.25. The van der Waals surface area contributed by atoms with Crippen molar-refractivity contribution >= 4 is 35.1 Å². The van der Waals surface area contributed by atoms with Gasteiger partial charge < -0.3 is 10.4 Å². The van der Waals surface area contributed by atoms with Gasteiger partial charge in [-0.05, 0) is 49.4 Å². The summed E-state index contributed by atoms with van der Waals surface area (Å²) in [4.78, 5) is 23.3. The lowest BCUT2D eigenvalue weighted by Gasteiger charge is -2.17. The lowest BCUT2D eigenvalue weighted by Crippen LogP contribution is -2.28. The number of benzene rings is 1. The van der Waals surface area contributed by atoms with Gasteiger partial charge in [-0.15, -0.1) is 0 Å². The van der Waals surface area contributed by atoms with E-state index in [0.717, 1.165) is 18.4 Å². The molecule has 1 aromatic rings. The molecule has 1 aliphatic rings. The Hall–Kier alpha value is -1.52. The molecular weight excluding hydrogens is 313 g/mol. The van der Waals surface area contributed by atoms with Crippen LogP contribution in [-0.4, -0.2) is 17.0 Å². The van der Waals surface area contributed by atoms with E-state index in [2.05, 4.69) is 5.32 Å². The van der Waals surface area contributed by atoms with Crippen molar-refractivity contribution < 1.29 is 14.7 Å². The van der Waals surface area contributed by atoms with Crippen LogP contribution < -0.4 is 5.32 Å². The van der Waals surface area contributed by atoms with Crippen molar-refractivity contribution in [3.05, 3.63) is 45.0 Å². The van der Waals surface area contributed by atoms with E-state index in [9.17, 15) is 9.59 Å². The Balaban J connectivity index is 2.08. The van der Waals surface area contributed by atoms with Gasteiger partial charge in [-0.2, -0.15) is 0 Å². The highest BCUT2D eigenvalue weighted by molar-refractivity contribution is 6.34. The van der Waals surface area contributed by atoms with Gasteiger partial charge in [0.2, 0.25) is 5.91 Å². The summed E-state index contributed by atoms with van der Waals surface area (Å²) in [6, 6.07) is 5.03. The molecule has 1 amide bonds. The third-order valence-electron chi connectivity index (χ3n) is 3.38. The number of halogens is 2. The van der Waals surface area contributed by atoms with Crippen LogP contribution in [0.15, 0.2) is 29.3 Å². The second kappa shape index (κ2) is 6.96. The molecule has 0 unspecified atom stereocenters. The fraction of sp³-hybridized carbons (Fsp3) is 0.333. The summed E-state index contributed by atoms with van der Waals surface area (Å²) in [5.74, 6) is -1.34. The van der Waals surface area contributed by atoms with Gasteiger partial charge in [0.25, 0.3) is 0 Å². The summed E-state index contributed by atoms with van der Waals surface area (Å²) < 4.78 is 0. The van der Waals surface area contributed by atoms with Gasteiger partial charge >= 0.3 is 5.97 Å². The quantitative estimate of drug-likeness (QED) is 0.888. The van der Waals surface area contributed by atoms with E-state index in [4.69, 9.17) is 28.3 Å². The number of carbonyl (C=O) groups excluding carboxylic acids is 1. The normalized spacial score (nSPS) is 15.0. The molecular formula is C15H15Cl2NO3. The largest absolute Gasteiger partial charge is 0.478 e. The van der Waals surface area contributed by atoms with Crippen LogP contribution in [0.2, 0.25) is 10.0 Å². The number of carboxylic acid groups (broad SMARTS) is 1. The first-order valence-electron chi connectivity index (χ1n) is 6.66. The number of rotatable bonds is 4. The van der Waals surface area contributed by atoms with Crippen LogP contribution in [0, 0.1) is 0 Å². The van der Waals surface area contributed by atoms with Gasteiger partial charge in [-0.1, -0.05) is 23.2 Å². The maximum absolute atomic E-state index is 12.2. The zero-order chi connectivity index (χ0) is 15.4. The van der Waals surface area contributed by atoms with Crippen molar-refractivity contribution in [2.45, 2.75) is 32.2 Å². The number of hydrogen-bond donors (Lipinski definition) is 2. The molecule has 1 aromatic carbocycles. The Kier molecular flexibility index (Phi) is 5.26. The topological polar surface area (TPSA) is 66.4 Å². The van der Waals surface area contributed by atoms with E-state index in [1.807, 2.05) is 0 Å². The van der Waals surface area contributed by atoms with Crippen LogP contribution in [0.3, 0.4) is 0 Å². The molecule has 6 heteroatoms. The third kappa shape index (κ3) is 4.22. The maximum atomic E-state index is 12.2. The van der Waals surface area contributed by atoms with Crippen LogP contribution in [0.4, 0.5) is 0 Å². The number of hydrogen-bond acceptors (Lipinski definition) is 2. The molecule has 0 fully saturated rings. The minimum absolute atomic E-state index is 0.225. The molecule has 0 aromatic heterocycles. The van der Waals surface area contributed by atoms with Gasteiger partial charge in [0.05, 0.1) is 0 Å². The standard InChI is InChI=1S/C15H15Cl2NO3/c16-10-5-9(6-11(17)7-10)8-18-14(19)12-3-1-2-4-13(12)15(20)21/h5-7H,1-4,8H2,(H,18,19)(H,20,21). The molecule has 112 valence electrons. The summed E-state index contributed by atoms with van der Waals surface area (Å²) in [6.45, 7) is 0.259. The molecule has 0 spiro atoms. The third-order valence-corrected chi connectivity index (χ3v) is 3.81. The van der Waals surface area contributed by atoms with Crippen molar-refractivity contribution in [1.29, 1.82) is 0 Å².